The van der Waals surface area contributed by atoms with E-state index in [1.165, 1.54) is 0 Å². The second kappa shape index (κ2) is 6.07. The molecule has 0 saturated heterocycles. The number of rotatable bonds is 6. The van der Waals surface area contributed by atoms with Gasteiger partial charge in [0.05, 0.1) is 5.02 Å². The Morgan fingerprint density at radius 3 is 2.35 bits per heavy atom. The Hall–Kier alpha value is -1.18. The quantitative estimate of drug-likeness (QED) is 0.842. The molecular weight excluding hydrogens is 309 g/mol. The summed E-state index contributed by atoms with van der Waals surface area (Å²) in [6, 6.07) is 2.80. The highest BCUT2D eigenvalue weighted by molar-refractivity contribution is 7.89. The summed E-state index contributed by atoms with van der Waals surface area (Å²) in [5, 5.41) is 8.93. The first-order chi connectivity index (χ1) is 9.18. The van der Waals surface area contributed by atoms with E-state index in [-0.39, 0.29) is 22.8 Å². The van der Waals surface area contributed by atoms with Crippen molar-refractivity contribution in [3.63, 3.8) is 0 Å². The Morgan fingerprint density at radius 2 is 1.95 bits per heavy atom. The molecule has 8 heteroatoms. The summed E-state index contributed by atoms with van der Waals surface area (Å²) in [7, 11) is -4.16. The van der Waals surface area contributed by atoms with Crippen LogP contribution in [0.4, 0.5) is 4.39 Å². The van der Waals surface area contributed by atoms with E-state index in [0.717, 1.165) is 18.2 Å². The molecule has 0 aliphatic rings. The van der Waals surface area contributed by atoms with Crippen LogP contribution in [0.25, 0.3) is 0 Å². The minimum atomic E-state index is -4.16. The molecule has 0 aliphatic carbocycles. The maximum absolute atomic E-state index is 12.9. The van der Waals surface area contributed by atoms with Gasteiger partial charge in [-0.2, -0.15) is 4.72 Å². The summed E-state index contributed by atoms with van der Waals surface area (Å²) >= 11 is 5.70. The van der Waals surface area contributed by atoms with Gasteiger partial charge >= 0.3 is 5.97 Å². The minimum Gasteiger partial charge on any atom is -0.480 e. The van der Waals surface area contributed by atoms with E-state index in [9.17, 15) is 22.7 Å². The summed E-state index contributed by atoms with van der Waals surface area (Å²) in [5.41, 5.74) is -1.61. The fraction of sp³-hybridized carbons (Fsp3) is 0.417. The van der Waals surface area contributed by atoms with Gasteiger partial charge in [0.2, 0.25) is 10.0 Å². The molecule has 0 bridgehead atoms. The number of carboxylic acid groups (broad SMARTS) is 1. The van der Waals surface area contributed by atoms with E-state index in [1.807, 2.05) is 0 Å². The molecule has 5 nitrogen and oxygen atoms in total. The van der Waals surface area contributed by atoms with E-state index < -0.39 is 27.3 Å². The van der Waals surface area contributed by atoms with Crippen molar-refractivity contribution in [1.29, 1.82) is 0 Å². The molecule has 0 spiro atoms. The molecule has 1 aromatic rings. The Bertz CT molecular complexity index is 614. The molecule has 0 atom stereocenters. The van der Waals surface area contributed by atoms with Crippen LogP contribution in [0, 0.1) is 5.82 Å². The third-order valence-corrected chi connectivity index (χ3v) is 5.15. The SMILES string of the molecule is CCC(CC)(NS(=O)(=O)c1ccc(F)cc1Cl)C(=O)O. The van der Waals surface area contributed by atoms with Gasteiger partial charge in [-0.15, -0.1) is 0 Å². The summed E-state index contributed by atoms with van der Waals surface area (Å²) in [4.78, 5) is 11.0. The van der Waals surface area contributed by atoms with Crippen LogP contribution in [0.1, 0.15) is 26.7 Å². The molecule has 0 amide bonds. The molecule has 20 heavy (non-hydrogen) atoms. The van der Waals surface area contributed by atoms with Crippen molar-refractivity contribution in [2.75, 3.05) is 0 Å². The van der Waals surface area contributed by atoms with Gasteiger partial charge in [0.1, 0.15) is 16.3 Å². The normalized spacial score (nSPS) is 12.4. The van der Waals surface area contributed by atoms with Crippen LogP contribution in [0.5, 0.6) is 0 Å². The molecule has 112 valence electrons. The Labute approximate surface area is 121 Å². The van der Waals surface area contributed by atoms with Crippen LogP contribution < -0.4 is 4.72 Å². The van der Waals surface area contributed by atoms with Gasteiger partial charge in [-0.25, -0.2) is 12.8 Å². The number of benzene rings is 1. The van der Waals surface area contributed by atoms with Crippen molar-refractivity contribution in [3.05, 3.63) is 29.0 Å². The molecule has 0 aliphatic heterocycles. The lowest BCUT2D eigenvalue weighted by molar-refractivity contribution is -0.144. The van der Waals surface area contributed by atoms with Crippen LogP contribution >= 0.6 is 11.6 Å². The highest BCUT2D eigenvalue weighted by atomic mass is 35.5. The number of carboxylic acids is 1. The van der Waals surface area contributed by atoms with Crippen LogP contribution in [-0.4, -0.2) is 25.0 Å². The first-order valence-corrected chi connectivity index (χ1v) is 7.77. The molecule has 1 aromatic carbocycles. The zero-order valence-corrected chi connectivity index (χ0v) is 12.6. The smallest absolute Gasteiger partial charge is 0.324 e. The lowest BCUT2D eigenvalue weighted by atomic mass is 9.95. The van der Waals surface area contributed by atoms with Gasteiger partial charge in [-0.3, -0.25) is 4.79 Å². The van der Waals surface area contributed by atoms with Crippen molar-refractivity contribution in [1.82, 2.24) is 4.72 Å². The second-order valence-electron chi connectivity index (χ2n) is 4.27. The highest BCUT2D eigenvalue weighted by Crippen LogP contribution is 2.25. The number of hydrogen-bond donors (Lipinski definition) is 2. The van der Waals surface area contributed by atoms with Crippen molar-refractivity contribution < 1.29 is 22.7 Å². The first-order valence-electron chi connectivity index (χ1n) is 5.91. The van der Waals surface area contributed by atoms with E-state index >= 15 is 0 Å². The Kier molecular flexibility index (Phi) is 5.12. The predicted octanol–water partition coefficient (Wildman–Crippen LogP) is 2.40. The molecule has 0 saturated carbocycles. The third kappa shape index (κ3) is 3.28. The van der Waals surface area contributed by atoms with Gasteiger partial charge < -0.3 is 5.11 Å². The average molecular weight is 324 g/mol. The number of hydrogen-bond acceptors (Lipinski definition) is 3. The zero-order chi connectivity index (χ0) is 15.6. The first kappa shape index (κ1) is 16.9. The highest BCUT2D eigenvalue weighted by Gasteiger charge is 2.39. The number of sulfonamides is 1. The van der Waals surface area contributed by atoms with E-state index in [2.05, 4.69) is 4.72 Å². The largest absolute Gasteiger partial charge is 0.480 e. The van der Waals surface area contributed by atoms with Crippen molar-refractivity contribution >= 4 is 27.6 Å². The molecule has 0 unspecified atom stereocenters. The van der Waals surface area contributed by atoms with Crippen LogP contribution in [0.2, 0.25) is 5.02 Å². The number of carbonyl (C=O) groups is 1. The maximum Gasteiger partial charge on any atom is 0.324 e. The lowest BCUT2D eigenvalue weighted by Gasteiger charge is -2.27. The third-order valence-electron chi connectivity index (χ3n) is 3.13. The number of aliphatic carboxylic acids is 1. The topological polar surface area (TPSA) is 83.5 Å². The standard InChI is InChI=1S/C12H15ClFNO4S/c1-3-12(4-2,11(16)17)15-20(18,19)10-6-5-8(14)7-9(10)13/h5-7,15H,3-4H2,1-2H3,(H,16,17). The van der Waals surface area contributed by atoms with Crippen LogP contribution in [-0.2, 0) is 14.8 Å². The number of halogens is 2. The molecule has 0 heterocycles. The van der Waals surface area contributed by atoms with Gasteiger partial charge in [0, 0.05) is 0 Å². The average Bonchev–Trinajstić information content (AvgIpc) is 2.35. The van der Waals surface area contributed by atoms with Gasteiger partial charge in [0.25, 0.3) is 0 Å². The summed E-state index contributed by atoms with van der Waals surface area (Å²) in [6.07, 6.45) is 0.133. The van der Waals surface area contributed by atoms with E-state index in [0.29, 0.717) is 0 Å². The zero-order valence-electron chi connectivity index (χ0n) is 11.0. The lowest BCUT2D eigenvalue weighted by Crippen LogP contribution is -2.53. The predicted molar refractivity (Wildman–Crippen MR) is 72.7 cm³/mol. The van der Waals surface area contributed by atoms with Gasteiger partial charge in [-0.05, 0) is 31.0 Å². The van der Waals surface area contributed by atoms with E-state index in [4.69, 9.17) is 11.6 Å². The minimum absolute atomic E-state index is 0.0663. The fourth-order valence-electron chi connectivity index (χ4n) is 1.75. The molecule has 0 aromatic heterocycles. The monoisotopic (exact) mass is 323 g/mol. The maximum atomic E-state index is 12.9. The molecule has 1 rings (SSSR count). The van der Waals surface area contributed by atoms with Crippen molar-refractivity contribution in [2.45, 2.75) is 37.1 Å². The molecule has 2 N–H and O–H groups in total. The summed E-state index contributed by atoms with van der Waals surface area (Å²) in [6.45, 7) is 3.12. The molecular formula is C12H15ClFNO4S. The Balaban J connectivity index is 3.27. The summed E-state index contributed by atoms with van der Waals surface area (Å²) < 4.78 is 39.5. The van der Waals surface area contributed by atoms with Crippen molar-refractivity contribution in [2.24, 2.45) is 0 Å². The Morgan fingerprint density at radius 1 is 1.40 bits per heavy atom. The summed E-state index contributed by atoms with van der Waals surface area (Å²) in [5.74, 6) is -1.95. The van der Waals surface area contributed by atoms with Gasteiger partial charge in [-0.1, -0.05) is 25.4 Å². The van der Waals surface area contributed by atoms with E-state index in [1.54, 1.807) is 13.8 Å². The number of nitrogens with one attached hydrogen (secondary N) is 1. The fourth-order valence-corrected chi connectivity index (χ4v) is 3.78. The van der Waals surface area contributed by atoms with Gasteiger partial charge in [0.15, 0.2) is 0 Å². The van der Waals surface area contributed by atoms with Crippen LogP contribution in [0.3, 0.4) is 0 Å². The second-order valence-corrected chi connectivity index (χ2v) is 6.33. The molecule has 0 fully saturated rings. The van der Waals surface area contributed by atoms with Crippen molar-refractivity contribution in [3.8, 4) is 0 Å². The van der Waals surface area contributed by atoms with Crippen LogP contribution in [0.15, 0.2) is 23.1 Å². The molecule has 0 radical (unpaired) electrons.